The van der Waals surface area contributed by atoms with E-state index < -0.39 is 34.4 Å². The van der Waals surface area contributed by atoms with Crippen LogP contribution in [0.15, 0.2) is 0 Å². The maximum atomic E-state index is 8.48. The average Bonchev–Trinajstić information content (AvgIpc) is 1.76. The zero-order valence-electron chi connectivity index (χ0n) is 7.64. The topological polar surface area (TPSA) is 277 Å². The van der Waals surface area contributed by atoms with Crippen molar-refractivity contribution in [2.75, 3.05) is 0 Å². The fourth-order valence-corrected chi connectivity index (χ4v) is 0. The monoisotopic (exact) mass is 901 g/mol. The van der Waals surface area contributed by atoms with Crippen LogP contribution in [0.3, 0.4) is 0 Å². The van der Waals surface area contributed by atoms with E-state index in [2.05, 4.69) is 0 Å². The van der Waals surface area contributed by atoms with Crippen molar-refractivity contribution in [1.29, 1.82) is 0 Å². The molecule has 19 heavy (non-hydrogen) atoms. The molecule has 0 radical (unpaired) electrons. The van der Waals surface area contributed by atoms with Crippen LogP contribution >= 0.6 is 34.4 Å². The third kappa shape index (κ3) is 727. The molecule has 0 atom stereocenters. The van der Waals surface area contributed by atoms with Gasteiger partial charge in [0.1, 0.15) is 0 Å². The van der Waals surface area contributed by atoms with E-state index in [0.717, 1.165) is 0 Å². The summed E-state index contributed by atoms with van der Waals surface area (Å²) < 4.78 is 0. The molecule has 0 spiro atoms. The van der Waals surface area contributed by atoms with Gasteiger partial charge in [-0.2, -0.15) is 0 Å². The van der Waals surface area contributed by atoms with Gasteiger partial charge < -0.3 is 93.1 Å². The summed E-state index contributed by atoms with van der Waals surface area (Å²) in [5.74, 6) is 0. The van der Waals surface area contributed by atoms with Gasteiger partial charge in [0.25, 0.3) is 0 Å². The summed E-state index contributed by atoms with van der Waals surface area (Å²) in [6.45, 7) is 0. The Morgan fingerprint density at radius 2 is 0.263 bits per heavy atom. The molecule has 0 rings (SSSR count). The summed E-state index contributed by atoms with van der Waals surface area (Å²) in [7, 11) is -13.5. The van der Waals surface area contributed by atoms with Crippen molar-refractivity contribution in [1.82, 2.24) is 0 Å². The van der Waals surface area contributed by atoms with E-state index in [1.165, 1.54) is 0 Å². The van der Waals surface area contributed by atoms with Crippen molar-refractivity contribution in [2.45, 2.75) is 0 Å². The summed E-state index contributed by atoms with van der Waals surface area (Å²) in [5.41, 5.74) is 0. The van der Waals surface area contributed by atoms with E-state index in [0.29, 0.717) is 0 Å². The summed E-state index contributed by atoms with van der Waals surface area (Å²) >= 11 is 0. The Kier molecular flexibility index (Phi) is 85.3. The van der Waals surface area contributed by atoms with Crippen molar-refractivity contribution in [2.24, 2.45) is 0 Å². The first kappa shape index (κ1) is 43.2. The van der Waals surface area contributed by atoms with Crippen LogP contribution in [0.25, 0.3) is 0 Å². The van der Waals surface area contributed by atoms with E-state index in [4.69, 9.17) is 58.7 Å². The molecule has 12 nitrogen and oxygen atoms in total. The van der Waals surface area contributed by atoms with Gasteiger partial charge in [-0.05, 0) is 0 Å². The van der Waals surface area contributed by atoms with Gasteiger partial charge in [0.15, 0.2) is 0 Å². The first-order valence-corrected chi connectivity index (χ1v) is 6.57. The maximum Gasteiger partial charge on any atom is 4.00 e. The molecular weight excluding hydrogens is 901 g/mol. The molecule has 0 aliphatic carbocycles. The minimum Gasteiger partial charge on any atom is -0.854 e. The second-order valence-electron chi connectivity index (χ2n) is 0.894. The van der Waals surface area contributed by atoms with E-state index in [1.54, 1.807) is 0 Å². The fraction of sp³-hybridized carbons (Fsp3) is 0. The zero-order chi connectivity index (χ0) is 14.3. The summed E-state index contributed by atoms with van der Waals surface area (Å²) in [6.07, 6.45) is 0. The third-order valence-corrected chi connectivity index (χ3v) is 0. The fourth-order valence-electron chi connectivity index (χ4n) is 0. The van der Waals surface area contributed by atoms with Crippen LogP contribution in [-0.4, -0.2) is 0 Å². The van der Waals surface area contributed by atoms with Gasteiger partial charge in [0, 0.05) is 0 Å². The van der Waals surface area contributed by atoms with Crippen LogP contribution in [0.1, 0.15) is 0 Å². The molecule has 0 aromatic rings. The normalized spacial score (nSPS) is 7.58. The van der Waals surface area contributed by atoms with E-state index in [9.17, 15) is 0 Å². The molecule has 0 amide bonds. The van der Waals surface area contributed by atoms with Gasteiger partial charge in [-0.1, -0.05) is 0 Å². The van der Waals surface area contributed by atoms with Crippen molar-refractivity contribution < 1.29 is 122 Å². The number of hydrogen-bond donors (Lipinski definition) is 0. The first-order valence-electron chi connectivity index (χ1n) is 2.19. The Morgan fingerprint density at radius 1 is 0.263 bits per heavy atom. The molecule has 0 aliphatic heterocycles. The summed E-state index contributed by atoms with van der Waals surface area (Å²) in [5, 5.41) is 0. The maximum absolute atomic E-state index is 8.48. The molecular formula is O12P4Pt3. The van der Waals surface area contributed by atoms with Crippen molar-refractivity contribution in [3.63, 3.8) is 0 Å². The Morgan fingerprint density at radius 3 is 0.263 bits per heavy atom. The van der Waals surface area contributed by atoms with Crippen molar-refractivity contribution in [3.05, 3.63) is 0 Å². The molecule has 122 valence electrons. The van der Waals surface area contributed by atoms with Gasteiger partial charge in [-0.25, -0.2) is 0 Å². The molecule has 19 heteroatoms. The van der Waals surface area contributed by atoms with E-state index in [1.807, 2.05) is 0 Å². The average molecular weight is 901 g/mol. The minimum atomic E-state index is -3.37. The minimum absolute atomic E-state index is 0. The van der Waals surface area contributed by atoms with Gasteiger partial charge in [0.05, 0.1) is 0 Å². The smallest absolute Gasteiger partial charge is 0.854 e. The molecule has 0 aromatic heterocycles. The van der Waals surface area contributed by atoms with Crippen LogP contribution in [0, 0.1) is 0 Å². The van der Waals surface area contributed by atoms with Crippen LogP contribution in [0.4, 0.5) is 0 Å². The van der Waals surface area contributed by atoms with Crippen molar-refractivity contribution in [3.8, 4) is 0 Å². The molecule has 0 N–H and O–H groups in total. The van der Waals surface area contributed by atoms with Gasteiger partial charge >= 0.3 is 63.2 Å². The largest absolute Gasteiger partial charge is 4.00 e. The molecule has 0 unspecified atom stereocenters. The Bertz CT molecular complexity index is 68.0. The standard InChI is InChI=1S/4O3P.3Pt/c4*1-4(2)3;;;/q4*-3;3*+4. The van der Waals surface area contributed by atoms with E-state index >= 15 is 0 Å². The SMILES string of the molecule is [O-]P([O-])[O-].[O-]P([O-])[O-].[O-]P([O-])[O-].[O-]P([O-])[O-].[Pt+4].[Pt+4].[Pt+4]. The van der Waals surface area contributed by atoms with E-state index in [-0.39, 0.29) is 63.2 Å². The Balaban J connectivity index is -0.0000000192. The van der Waals surface area contributed by atoms with Crippen LogP contribution < -0.4 is 58.7 Å². The number of rotatable bonds is 0. The van der Waals surface area contributed by atoms with Crippen molar-refractivity contribution >= 4 is 34.4 Å². The van der Waals surface area contributed by atoms with Gasteiger partial charge in [0.2, 0.25) is 0 Å². The molecule has 0 heterocycles. The summed E-state index contributed by atoms with van der Waals surface area (Å²) in [4.78, 5) is 102. The molecule has 0 saturated heterocycles. The second-order valence-corrected chi connectivity index (χ2v) is 2.68. The molecule has 0 fully saturated rings. The molecule has 0 saturated carbocycles. The molecule has 0 aliphatic rings. The first-order chi connectivity index (χ1) is 6.93. The quantitative estimate of drug-likeness (QED) is 0.205. The van der Waals surface area contributed by atoms with Crippen LogP contribution in [0.5, 0.6) is 0 Å². The predicted molar refractivity (Wildman–Crippen MR) is 27.7 cm³/mol. The Hall–Kier alpha value is 3.30. The molecule has 0 bridgehead atoms. The number of hydrogen-bond acceptors (Lipinski definition) is 12. The van der Waals surface area contributed by atoms with Crippen LogP contribution in [-0.2, 0) is 63.2 Å². The van der Waals surface area contributed by atoms with Gasteiger partial charge in [-0.15, -0.1) is 0 Å². The zero-order valence-corrected chi connectivity index (χ0v) is 18.0. The summed E-state index contributed by atoms with van der Waals surface area (Å²) in [6, 6.07) is 0. The predicted octanol–water partition coefficient (Wildman–Crippen LogP) is -10.8. The molecule has 0 aromatic carbocycles. The van der Waals surface area contributed by atoms with Gasteiger partial charge in [-0.3, -0.25) is 0 Å². The van der Waals surface area contributed by atoms with Crippen LogP contribution in [0.2, 0.25) is 0 Å². The second kappa shape index (κ2) is 37.5. The Labute approximate surface area is 155 Å². The third-order valence-electron chi connectivity index (χ3n) is 0.